The highest BCUT2D eigenvalue weighted by molar-refractivity contribution is 5.79. The maximum atomic E-state index is 13.5. The summed E-state index contributed by atoms with van der Waals surface area (Å²) in [6.07, 6.45) is 0. The molecule has 0 aliphatic carbocycles. The monoisotopic (exact) mass is 402 g/mol. The molecule has 0 amide bonds. The second kappa shape index (κ2) is 10.7. The fourth-order valence-electron chi connectivity index (χ4n) is 3.22. The molecule has 6 nitrogen and oxygen atoms in total. The molecule has 29 heavy (non-hydrogen) atoms. The van der Waals surface area contributed by atoms with Gasteiger partial charge in [0.2, 0.25) is 0 Å². The van der Waals surface area contributed by atoms with E-state index in [4.69, 9.17) is 9.47 Å². The average molecular weight is 403 g/mol. The molecule has 1 atom stereocenters. The molecule has 2 rings (SSSR count). The van der Waals surface area contributed by atoms with Crippen molar-refractivity contribution >= 4 is 5.96 Å². The second-order valence-corrected chi connectivity index (χ2v) is 7.01. The van der Waals surface area contributed by atoms with Gasteiger partial charge in [0.05, 0.1) is 20.3 Å². The van der Waals surface area contributed by atoms with Gasteiger partial charge in [-0.1, -0.05) is 18.2 Å². The van der Waals surface area contributed by atoms with E-state index in [2.05, 4.69) is 15.2 Å². The largest absolute Gasteiger partial charge is 0.493 e. The number of aliphatic imine (C=N–C) groups is 1. The number of hydrogen-bond acceptors (Lipinski definition) is 4. The van der Waals surface area contributed by atoms with Crippen LogP contribution in [0.2, 0.25) is 0 Å². The molecule has 158 valence electrons. The molecule has 0 fully saturated rings. The summed E-state index contributed by atoms with van der Waals surface area (Å²) in [5.74, 6) is 1.90. The van der Waals surface area contributed by atoms with Crippen molar-refractivity contribution in [3.63, 3.8) is 0 Å². The molecule has 2 aromatic rings. The highest BCUT2D eigenvalue weighted by Crippen LogP contribution is 2.31. The van der Waals surface area contributed by atoms with E-state index in [1.165, 1.54) is 12.1 Å². The van der Waals surface area contributed by atoms with E-state index in [1.54, 1.807) is 27.3 Å². The Balaban J connectivity index is 2.10. The lowest BCUT2D eigenvalue weighted by Crippen LogP contribution is -2.42. The van der Waals surface area contributed by atoms with E-state index in [0.717, 1.165) is 17.1 Å². The number of hydrogen-bond donors (Lipinski definition) is 1. The summed E-state index contributed by atoms with van der Waals surface area (Å²) in [5, 5.41) is 3.42. The quantitative estimate of drug-likeness (QED) is 0.543. The lowest BCUT2D eigenvalue weighted by Gasteiger charge is -2.29. The molecule has 0 saturated carbocycles. The van der Waals surface area contributed by atoms with Gasteiger partial charge in [0.25, 0.3) is 0 Å². The zero-order valence-electron chi connectivity index (χ0n) is 18.1. The lowest BCUT2D eigenvalue weighted by molar-refractivity contribution is 0.293. The SMILES string of the molecule is CN=C(NCC(c1ccc(OC)c(OC)c1)N(C)C)N(C)Cc1cccc(F)c1. The van der Waals surface area contributed by atoms with Gasteiger partial charge in [0, 0.05) is 27.2 Å². The van der Waals surface area contributed by atoms with Crippen LogP contribution in [-0.2, 0) is 6.54 Å². The molecule has 0 spiro atoms. The summed E-state index contributed by atoms with van der Waals surface area (Å²) in [5.41, 5.74) is 1.99. The van der Waals surface area contributed by atoms with Gasteiger partial charge in [0.15, 0.2) is 17.5 Å². The van der Waals surface area contributed by atoms with E-state index in [1.807, 2.05) is 50.3 Å². The van der Waals surface area contributed by atoms with Crippen LogP contribution in [0.3, 0.4) is 0 Å². The predicted molar refractivity (Wildman–Crippen MR) is 115 cm³/mol. The molecule has 0 aliphatic heterocycles. The second-order valence-electron chi connectivity index (χ2n) is 7.01. The van der Waals surface area contributed by atoms with Gasteiger partial charge in [-0.2, -0.15) is 0 Å². The summed E-state index contributed by atoms with van der Waals surface area (Å²) in [7, 11) is 11.0. The normalized spacial score (nSPS) is 12.6. The molecule has 2 aromatic carbocycles. The van der Waals surface area contributed by atoms with E-state index in [9.17, 15) is 4.39 Å². The van der Waals surface area contributed by atoms with Gasteiger partial charge in [-0.25, -0.2) is 4.39 Å². The van der Waals surface area contributed by atoms with Crippen LogP contribution in [0.15, 0.2) is 47.5 Å². The van der Waals surface area contributed by atoms with Gasteiger partial charge in [0.1, 0.15) is 5.82 Å². The third-order valence-corrected chi connectivity index (χ3v) is 4.75. The van der Waals surface area contributed by atoms with Crippen LogP contribution in [0.4, 0.5) is 4.39 Å². The first-order chi connectivity index (χ1) is 13.9. The summed E-state index contributed by atoms with van der Waals surface area (Å²) in [6, 6.07) is 12.6. The Morgan fingerprint density at radius 3 is 2.38 bits per heavy atom. The van der Waals surface area contributed by atoms with Gasteiger partial charge < -0.3 is 24.6 Å². The lowest BCUT2D eigenvalue weighted by atomic mass is 10.1. The van der Waals surface area contributed by atoms with Crippen LogP contribution in [0.5, 0.6) is 11.5 Å². The minimum Gasteiger partial charge on any atom is -0.493 e. The topological polar surface area (TPSA) is 49.3 Å². The standard InChI is InChI=1S/C22H31FN4O2/c1-24-22(27(4)15-16-8-7-9-18(23)12-16)25-14-19(26(2)3)17-10-11-20(28-5)21(13-17)29-6/h7-13,19H,14-15H2,1-6H3,(H,24,25). The van der Waals surface area contributed by atoms with Crippen LogP contribution >= 0.6 is 0 Å². The molecular weight excluding hydrogens is 371 g/mol. The van der Waals surface area contributed by atoms with Crippen molar-refractivity contribution in [2.45, 2.75) is 12.6 Å². The Bertz CT molecular complexity index is 826. The van der Waals surface area contributed by atoms with E-state index < -0.39 is 0 Å². The molecule has 0 aliphatic rings. The zero-order valence-corrected chi connectivity index (χ0v) is 18.1. The average Bonchev–Trinajstić information content (AvgIpc) is 2.70. The van der Waals surface area contributed by atoms with E-state index >= 15 is 0 Å². The van der Waals surface area contributed by atoms with Crippen LogP contribution in [0, 0.1) is 5.82 Å². The number of halogens is 1. The summed E-state index contributed by atoms with van der Waals surface area (Å²) < 4.78 is 24.2. The van der Waals surface area contributed by atoms with Gasteiger partial charge in [-0.05, 0) is 49.5 Å². The molecule has 0 heterocycles. The first-order valence-corrected chi connectivity index (χ1v) is 9.44. The number of nitrogens with one attached hydrogen (secondary N) is 1. The Morgan fingerprint density at radius 1 is 1.07 bits per heavy atom. The van der Waals surface area contributed by atoms with Crippen molar-refractivity contribution in [1.29, 1.82) is 0 Å². The Labute approximate surface area is 172 Å². The molecule has 0 saturated heterocycles. The molecule has 1 N–H and O–H groups in total. The minimum atomic E-state index is -0.236. The number of nitrogens with zero attached hydrogens (tertiary/aromatic N) is 3. The van der Waals surface area contributed by atoms with Crippen LogP contribution in [0.1, 0.15) is 17.2 Å². The van der Waals surface area contributed by atoms with Gasteiger partial charge >= 0.3 is 0 Å². The third-order valence-electron chi connectivity index (χ3n) is 4.75. The zero-order chi connectivity index (χ0) is 21.4. The number of likely N-dealkylation sites (N-methyl/N-ethyl adjacent to an activating group) is 1. The van der Waals surface area contributed by atoms with Crippen molar-refractivity contribution in [2.75, 3.05) is 49.0 Å². The Kier molecular flexibility index (Phi) is 8.27. The van der Waals surface area contributed by atoms with Crippen LogP contribution < -0.4 is 14.8 Å². The highest BCUT2D eigenvalue weighted by Gasteiger charge is 2.18. The molecule has 0 bridgehead atoms. The predicted octanol–water partition coefficient (Wildman–Crippen LogP) is 3.15. The maximum Gasteiger partial charge on any atom is 0.193 e. The summed E-state index contributed by atoms with van der Waals surface area (Å²) in [6.45, 7) is 1.20. The van der Waals surface area contributed by atoms with E-state index in [-0.39, 0.29) is 11.9 Å². The van der Waals surface area contributed by atoms with Crippen molar-refractivity contribution in [2.24, 2.45) is 4.99 Å². The molecule has 0 radical (unpaired) electrons. The molecule has 7 heteroatoms. The molecular formula is C22H31FN4O2. The first-order valence-electron chi connectivity index (χ1n) is 9.44. The fraction of sp³-hybridized carbons (Fsp3) is 0.409. The maximum absolute atomic E-state index is 13.5. The fourth-order valence-corrected chi connectivity index (χ4v) is 3.22. The Hall–Kier alpha value is -2.80. The van der Waals surface area contributed by atoms with Crippen molar-refractivity contribution in [1.82, 2.24) is 15.1 Å². The smallest absolute Gasteiger partial charge is 0.193 e. The number of benzene rings is 2. The van der Waals surface area contributed by atoms with Crippen LogP contribution in [-0.4, -0.2) is 64.7 Å². The number of rotatable bonds is 8. The van der Waals surface area contributed by atoms with Crippen molar-refractivity contribution < 1.29 is 13.9 Å². The van der Waals surface area contributed by atoms with Gasteiger partial charge in [-0.3, -0.25) is 4.99 Å². The van der Waals surface area contributed by atoms with Crippen molar-refractivity contribution in [3.8, 4) is 11.5 Å². The van der Waals surface area contributed by atoms with Crippen LogP contribution in [0.25, 0.3) is 0 Å². The molecule has 1 unspecified atom stereocenters. The summed E-state index contributed by atoms with van der Waals surface area (Å²) in [4.78, 5) is 8.47. The van der Waals surface area contributed by atoms with E-state index in [0.29, 0.717) is 24.6 Å². The third kappa shape index (κ3) is 6.09. The molecule has 0 aromatic heterocycles. The first kappa shape index (κ1) is 22.5. The van der Waals surface area contributed by atoms with Gasteiger partial charge in [-0.15, -0.1) is 0 Å². The number of ether oxygens (including phenoxy) is 2. The van der Waals surface area contributed by atoms with Crippen molar-refractivity contribution in [3.05, 3.63) is 59.4 Å². The highest BCUT2D eigenvalue weighted by atomic mass is 19.1. The minimum absolute atomic E-state index is 0.0918. The number of guanidine groups is 1. The Morgan fingerprint density at radius 2 is 1.79 bits per heavy atom. The number of methoxy groups -OCH3 is 2. The summed E-state index contributed by atoms with van der Waals surface area (Å²) >= 11 is 0.